The number of halogens is 1. The first-order valence-electron chi connectivity index (χ1n) is 6.97. The van der Waals surface area contributed by atoms with E-state index in [1.54, 1.807) is 29.5 Å². The van der Waals surface area contributed by atoms with Crippen LogP contribution in [0.2, 0.25) is 0 Å². The molecular weight excluding hydrogens is 299 g/mol. The van der Waals surface area contributed by atoms with Gasteiger partial charge in [0.1, 0.15) is 5.82 Å². The molecule has 1 heterocycles. The summed E-state index contributed by atoms with van der Waals surface area (Å²) in [5.74, 6) is -0.445. The van der Waals surface area contributed by atoms with E-state index in [1.807, 2.05) is 25.5 Å². The lowest BCUT2D eigenvalue weighted by atomic mass is 10.2. The Morgan fingerprint density at radius 3 is 2.64 bits per heavy atom. The number of nitrogens with zero attached hydrogens (tertiary/aromatic N) is 1. The fourth-order valence-corrected chi connectivity index (χ4v) is 2.94. The summed E-state index contributed by atoms with van der Waals surface area (Å²) in [4.78, 5) is 15.2. The SMILES string of the molecule is CN(C)C(CNC(=O)/C=C/c1ccc(F)cc1)c1cccs1. The number of carbonyl (C=O) groups is 1. The lowest BCUT2D eigenvalue weighted by Crippen LogP contribution is -2.33. The van der Waals surface area contributed by atoms with Crippen LogP contribution >= 0.6 is 11.3 Å². The van der Waals surface area contributed by atoms with E-state index in [0.29, 0.717) is 6.54 Å². The molecule has 1 N–H and O–H groups in total. The van der Waals surface area contributed by atoms with Crippen molar-refractivity contribution in [2.45, 2.75) is 6.04 Å². The van der Waals surface area contributed by atoms with Gasteiger partial charge in [0.2, 0.25) is 5.91 Å². The molecule has 0 saturated heterocycles. The molecule has 2 aromatic rings. The number of benzene rings is 1. The van der Waals surface area contributed by atoms with Gasteiger partial charge in [-0.1, -0.05) is 18.2 Å². The second kappa shape index (κ2) is 7.87. The highest BCUT2D eigenvalue weighted by Gasteiger charge is 2.15. The first-order chi connectivity index (χ1) is 10.6. The van der Waals surface area contributed by atoms with Crippen molar-refractivity contribution in [1.82, 2.24) is 10.2 Å². The van der Waals surface area contributed by atoms with Crippen LogP contribution in [0, 0.1) is 5.82 Å². The summed E-state index contributed by atoms with van der Waals surface area (Å²) in [5, 5.41) is 4.93. The molecule has 0 saturated carbocycles. The van der Waals surface area contributed by atoms with Crippen molar-refractivity contribution < 1.29 is 9.18 Å². The summed E-state index contributed by atoms with van der Waals surface area (Å²) in [7, 11) is 3.98. The number of thiophene rings is 1. The van der Waals surface area contributed by atoms with Gasteiger partial charge in [-0.05, 0) is 49.3 Å². The van der Waals surface area contributed by atoms with Gasteiger partial charge in [0, 0.05) is 17.5 Å². The van der Waals surface area contributed by atoms with Gasteiger partial charge < -0.3 is 10.2 Å². The average Bonchev–Trinajstić information content (AvgIpc) is 3.00. The number of hydrogen-bond donors (Lipinski definition) is 1. The molecule has 3 nitrogen and oxygen atoms in total. The molecule has 0 radical (unpaired) electrons. The summed E-state index contributed by atoms with van der Waals surface area (Å²) in [6, 6.07) is 10.2. The first kappa shape index (κ1) is 16.4. The second-order valence-corrected chi connectivity index (χ2v) is 6.10. The normalized spacial score (nSPS) is 12.7. The molecule has 0 bridgehead atoms. The molecular formula is C17H19FN2OS. The van der Waals surface area contributed by atoms with E-state index in [2.05, 4.69) is 16.3 Å². The number of nitrogens with one attached hydrogen (secondary N) is 1. The van der Waals surface area contributed by atoms with Crippen molar-refractivity contribution in [3.8, 4) is 0 Å². The smallest absolute Gasteiger partial charge is 0.244 e. The number of carbonyl (C=O) groups excluding carboxylic acids is 1. The number of amides is 1. The Balaban J connectivity index is 1.90. The Hall–Kier alpha value is -1.98. The summed E-state index contributed by atoms with van der Waals surface area (Å²) >= 11 is 1.68. The topological polar surface area (TPSA) is 32.3 Å². The Morgan fingerprint density at radius 2 is 2.05 bits per heavy atom. The Kier molecular flexibility index (Phi) is 5.86. The molecule has 0 aliphatic carbocycles. The molecule has 0 aliphatic heterocycles. The highest BCUT2D eigenvalue weighted by Crippen LogP contribution is 2.22. The zero-order chi connectivity index (χ0) is 15.9. The fraction of sp³-hybridized carbons (Fsp3) is 0.235. The highest BCUT2D eigenvalue weighted by molar-refractivity contribution is 7.10. The second-order valence-electron chi connectivity index (χ2n) is 5.12. The minimum atomic E-state index is -0.286. The van der Waals surface area contributed by atoms with Crippen molar-refractivity contribution in [2.24, 2.45) is 0 Å². The largest absolute Gasteiger partial charge is 0.351 e. The zero-order valence-electron chi connectivity index (χ0n) is 12.6. The summed E-state index contributed by atoms with van der Waals surface area (Å²) in [6.07, 6.45) is 3.14. The van der Waals surface area contributed by atoms with Crippen LogP contribution in [0.4, 0.5) is 4.39 Å². The maximum atomic E-state index is 12.8. The summed E-state index contributed by atoms with van der Waals surface area (Å²) < 4.78 is 12.8. The van der Waals surface area contributed by atoms with Crippen LogP contribution in [0.1, 0.15) is 16.5 Å². The lowest BCUT2D eigenvalue weighted by molar-refractivity contribution is -0.116. The fourth-order valence-electron chi connectivity index (χ4n) is 2.02. The highest BCUT2D eigenvalue weighted by atomic mass is 32.1. The minimum absolute atomic E-state index is 0.156. The predicted molar refractivity (Wildman–Crippen MR) is 89.2 cm³/mol. The van der Waals surface area contributed by atoms with Gasteiger partial charge in [0.15, 0.2) is 0 Å². The monoisotopic (exact) mass is 318 g/mol. The third-order valence-corrected chi connectivity index (χ3v) is 4.24. The van der Waals surface area contributed by atoms with E-state index >= 15 is 0 Å². The van der Waals surface area contributed by atoms with Gasteiger partial charge in [0.05, 0.1) is 6.04 Å². The van der Waals surface area contributed by atoms with Crippen LogP contribution in [-0.4, -0.2) is 31.4 Å². The maximum Gasteiger partial charge on any atom is 0.244 e. The molecule has 1 amide bonds. The van der Waals surface area contributed by atoms with E-state index in [0.717, 1.165) is 5.56 Å². The third kappa shape index (κ3) is 4.79. The van der Waals surface area contributed by atoms with Gasteiger partial charge >= 0.3 is 0 Å². The predicted octanol–water partition coefficient (Wildman–Crippen LogP) is 3.32. The van der Waals surface area contributed by atoms with Gasteiger partial charge in [0.25, 0.3) is 0 Å². The Labute approximate surface area is 134 Å². The van der Waals surface area contributed by atoms with Crippen LogP contribution in [0.15, 0.2) is 47.9 Å². The van der Waals surface area contributed by atoms with Crippen LogP contribution in [-0.2, 0) is 4.79 Å². The number of hydrogen-bond acceptors (Lipinski definition) is 3. The third-order valence-electron chi connectivity index (χ3n) is 3.26. The van der Waals surface area contributed by atoms with Crippen molar-refractivity contribution in [1.29, 1.82) is 0 Å². The summed E-state index contributed by atoms with van der Waals surface area (Å²) in [5.41, 5.74) is 0.791. The summed E-state index contributed by atoms with van der Waals surface area (Å²) in [6.45, 7) is 0.542. The van der Waals surface area contributed by atoms with Crippen molar-refractivity contribution >= 4 is 23.3 Å². The standard InChI is InChI=1S/C17H19FN2OS/c1-20(2)15(16-4-3-11-22-16)12-19-17(21)10-7-13-5-8-14(18)9-6-13/h3-11,15H,12H2,1-2H3,(H,19,21)/b10-7+. The molecule has 0 fully saturated rings. The van der Waals surface area contributed by atoms with E-state index in [4.69, 9.17) is 0 Å². The lowest BCUT2D eigenvalue weighted by Gasteiger charge is -2.23. The van der Waals surface area contributed by atoms with E-state index < -0.39 is 0 Å². The van der Waals surface area contributed by atoms with Crippen LogP contribution < -0.4 is 5.32 Å². The maximum absolute atomic E-state index is 12.8. The number of rotatable bonds is 6. The molecule has 116 valence electrons. The molecule has 5 heteroatoms. The molecule has 1 aromatic heterocycles. The van der Waals surface area contributed by atoms with Crippen molar-refractivity contribution in [3.63, 3.8) is 0 Å². The molecule has 0 spiro atoms. The Bertz CT molecular complexity index is 621. The number of likely N-dealkylation sites (N-methyl/N-ethyl adjacent to an activating group) is 1. The zero-order valence-corrected chi connectivity index (χ0v) is 13.4. The van der Waals surface area contributed by atoms with Gasteiger partial charge in [-0.3, -0.25) is 4.79 Å². The molecule has 1 atom stereocenters. The Morgan fingerprint density at radius 1 is 1.32 bits per heavy atom. The van der Waals surface area contributed by atoms with E-state index in [-0.39, 0.29) is 17.8 Å². The van der Waals surface area contributed by atoms with Crippen LogP contribution in [0.5, 0.6) is 0 Å². The van der Waals surface area contributed by atoms with Gasteiger partial charge in [-0.25, -0.2) is 4.39 Å². The molecule has 0 aliphatic rings. The van der Waals surface area contributed by atoms with E-state index in [1.165, 1.54) is 23.1 Å². The van der Waals surface area contributed by atoms with Crippen LogP contribution in [0.25, 0.3) is 6.08 Å². The van der Waals surface area contributed by atoms with E-state index in [9.17, 15) is 9.18 Å². The molecule has 1 unspecified atom stereocenters. The van der Waals surface area contributed by atoms with Crippen molar-refractivity contribution in [3.05, 3.63) is 64.1 Å². The van der Waals surface area contributed by atoms with Crippen molar-refractivity contribution in [2.75, 3.05) is 20.6 Å². The quantitative estimate of drug-likeness (QED) is 0.829. The van der Waals surface area contributed by atoms with Gasteiger partial charge in [-0.15, -0.1) is 11.3 Å². The average molecular weight is 318 g/mol. The van der Waals surface area contributed by atoms with Crippen LogP contribution in [0.3, 0.4) is 0 Å². The first-order valence-corrected chi connectivity index (χ1v) is 7.85. The minimum Gasteiger partial charge on any atom is -0.351 e. The molecule has 2 rings (SSSR count). The molecule has 1 aromatic carbocycles. The van der Waals surface area contributed by atoms with Gasteiger partial charge in [-0.2, -0.15) is 0 Å². The molecule has 22 heavy (non-hydrogen) atoms.